The molecule has 0 amide bonds. The van der Waals surface area contributed by atoms with Crippen LogP contribution in [0.25, 0.3) is 16.2 Å². The molecule has 31 heavy (non-hydrogen) atoms. The van der Waals surface area contributed by atoms with Crippen molar-refractivity contribution in [1.29, 1.82) is 0 Å². The second kappa shape index (κ2) is 7.76. The van der Waals surface area contributed by atoms with E-state index in [4.69, 9.17) is 0 Å². The first kappa shape index (κ1) is 20.2. The van der Waals surface area contributed by atoms with Gasteiger partial charge in [0, 0.05) is 43.9 Å². The average Bonchev–Trinajstić information content (AvgIpc) is 3.47. The maximum Gasteiger partial charge on any atom is 0.433 e. The van der Waals surface area contributed by atoms with Gasteiger partial charge >= 0.3 is 6.18 Å². The Morgan fingerprint density at radius 2 is 2.13 bits per heavy atom. The first-order valence-corrected chi connectivity index (χ1v) is 11.0. The third kappa shape index (κ3) is 4.09. The molecule has 1 atom stereocenters. The summed E-state index contributed by atoms with van der Waals surface area (Å²) in [5, 5.41) is 10.4. The molecule has 0 unspecified atom stereocenters. The van der Waals surface area contributed by atoms with Crippen LogP contribution in [0.2, 0.25) is 0 Å². The average molecular weight is 447 g/mol. The molecule has 0 N–H and O–H groups in total. The van der Waals surface area contributed by atoms with Gasteiger partial charge in [-0.1, -0.05) is 6.07 Å². The van der Waals surface area contributed by atoms with Gasteiger partial charge in [-0.15, -0.1) is 11.3 Å². The van der Waals surface area contributed by atoms with E-state index in [9.17, 15) is 13.2 Å². The molecule has 0 saturated carbocycles. The van der Waals surface area contributed by atoms with Crippen molar-refractivity contribution < 1.29 is 13.2 Å². The quantitative estimate of drug-likeness (QED) is 0.460. The lowest BCUT2D eigenvalue weighted by Gasteiger charge is -2.31. The Kier molecular flexibility index (Phi) is 5.05. The first-order valence-electron chi connectivity index (χ1n) is 10.1. The van der Waals surface area contributed by atoms with E-state index in [1.54, 1.807) is 22.9 Å². The highest BCUT2D eigenvalue weighted by Gasteiger charge is 2.36. The zero-order valence-electron chi connectivity index (χ0n) is 16.9. The number of piperidine rings is 1. The number of alkyl halides is 3. The van der Waals surface area contributed by atoms with E-state index in [0.717, 1.165) is 48.6 Å². The molecule has 5 rings (SSSR count). The maximum atomic E-state index is 13.8. The number of rotatable bonds is 4. The Balaban J connectivity index is 1.47. The van der Waals surface area contributed by atoms with E-state index < -0.39 is 11.9 Å². The molecule has 0 bridgehead atoms. The van der Waals surface area contributed by atoms with Crippen LogP contribution in [0.15, 0.2) is 42.0 Å². The minimum atomic E-state index is -4.52. The fourth-order valence-electron chi connectivity index (χ4n) is 4.20. The molecule has 162 valence electrons. The summed E-state index contributed by atoms with van der Waals surface area (Å²) in [5.74, 6) is 0.0680. The van der Waals surface area contributed by atoms with Crippen LogP contribution < -0.4 is 0 Å². The maximum absolute atomic E-state index is 13.8. The minimum absolute atomic E-state index is 0.0680. The predicted molar refractivity (Wildman–Crippen MR) is 112 cm³/mol. The van der Waals surface area contributed by atoms with E-state index in [-0.39, 0.29) is 11.6 Å². The number of fused-ring (bicyclic) bond motifs is 1. The number of aryl methyl sites for hydroxylation is 1. The van der Waals surface area contributed by atoms with Gasteiger partial charge in [0.05, 0.1) is 22.5 Å². The molecule has 10 heteroatoms. The van der Waals surface area contributed by atoms with E-state index >= 15 is 0 Å². The van der Waals surface area contributed by atoms with Crippen LogP contribution in [0.4, 0.5) is 13.2 Å². The number of halogens is 3. The van der Waals surface area contributed by atoms with Crippen molar-refractivity contribution in [3.63, 3.8) is 0 Å². The summed E-state index contributed by atoms with van der Waals surface area (Å²) < 4.78 is 44.1. The van der Waals surface area contributed by atoms with Crippen molar-refractivity contribution >= 4 is 17.0 Å². The number of nitrogens with zero attached hydrogens (tertiary/aromatic N) is 6. The smallest absolute Gasteiger partial charge is 0.298 e. The number of likely N-dealkylation sites (tertiary alicyclic amines) is 1. The molecule has 0 spiro atoms. The van der Waals surface area contributed by atoms with Gasteiger partial charge < -0.3 is 0 Å². The fraction of sp³-hybridized carbons (Fsp3) is 0.381. The summed E-state index contributed by atoms with van der Waals surface area (Å²) in [6.07, 6.45) is 1.18. The molecular weight excluding hydrogens is 425 g/mol. The summed E-state index contributed by atoms with van der Waals surface area (Å²) in [6, 6.07) is 6.38. The third-order valence-electron chi connectivity index (χ3n) is 5.60. The van der Waals surface area contributed by atoms with Crippen LogP contribution in [0.3, 0.4) is 0 Å². The Morgan fingerprint density at radius 3 is 2.84 bits per heavy atom. The monoisotopic (exact) mass is 446 g/mol. The van der Waals surface area contributed by atoms with E-state index in [2.05, 4.69) is 20.1 Å². The summed E-state index contributed by atoms with van der Waals surface area (Å²) in [4.78, 5) is 7.50. The summed E-state index contributed by atoms with van der Waals surface area (Å²) in [7, 11) is 1.88. The normalized spacial score (nSPS) is 18.1. The molecule has 1 fully saturated rings. The Labute approximate surface area is 180 Å². The highest BCUT2D eigenvalue weighted by Crippen LogP contribution is 2.35. The van der Waals surface area contributed by atoms with E-state index in [0.29, 0.717) is 16.3 Å². The Morgan fingerprint density at radius 1 is 1.26 bits per heavy atom. The van der Waals surface area contributed by atoms with E-state index in [1.165, 1.54) is 11.3 Å². The Bertz CT molecular complexity index is 1190. The number of hydrogen-bond donors (Lipinski definition) is 0. The second-order valence-corrected chi connectivity index (χ2v) is 8.89. The van der Waals surface area contributed by atoms with Crippen LogP contribution in [0, 0.1) is 0 Å². The van der Waals surface area contributed by atoms with Crippen molar-refractivity contribution in [1.82, 2.24) is 29.3 Å². The SMILES string of the molecule is Cn1cc(CN2CCC[C@H](c3cc4nc(-c5cccs5)cc(C(F)(F)F)n4n3)C2)cn1. The zero-order chi connectivity index (χ0) is 21.6. The van der Waals surface area contributed by atoms with Gasteiger partial charge in [0.15, 0.2) is 11.3 Å². The largest absolute Gasteiger partial charge is 0.433 e. The van der Waals surface area contributed by atoms with E-state index in [1.807, 2.05) is 24.8 Å². The molecule has 1 aliphatic heterocycles. The molecule has 4 aromatic heterocycles. The Hall–Kier alpha value is -2.72. The van der Waals surface area contributed by atoms with Crippen molar-refractivity contribution in [2.24, 2.45) is 7.05 Å². The van der Waals surface area contributed by atoms with Crippen molar-refractivity contribution in [3.8, 4) is 10.6 Å². The summed E-state index contributed by atoms with van der Waals surface area (Å²) >= 11 is 1.37. The highest BCUT2D eigenvalue weighted by molar-refractivity contribution is 7.13. The van der Waals surface area contributed by atoms with Gasteiger partial charge in [-0.2, -0.15) is 23.4 Å². The van der Waals surface area contributed by atoms with Gasteiger partial charge in [-0.05, 0) is 36.9 Å². The van der Waals surface area contributed by atoms with Gasteiger partial charge in [-0.3, -0.25) is 9.58 Å². The van der Waals surface area contributed by atoms with Gasteiger partial charge in [0.1, 0.15) is 0 Å². The van der Waals surface area contributed by atoms with Crippen LogP contribution in [-0.4, -0.2) is 42.4 Å². The van der Waals surface area contributed by atoms with Crippen molar-refractivity contribution in [2.45, 2.75) is 31.5 Å². The van der Waals surface area contributed by atoms with Gasteiger partial charge in [-0.25, -0.2) is 9.50 Å². The topological polar surface area (TPSA) is 51.2 Å². The molecule has 0 aliphatic carbocycles. The summed E-state index contributed by atoms with van der Waals surface area (Å²) in [6.45, 7) is 2.47. The summed E-state index contributed by atoms with van der Waals surface area (Å²) in [5.41, 5.74) is 1.55. The predicted octanol–water partition coefficient (Wildman–Crippen LogP) is 4.59. The number of thiophene rings is 1. The van der Waals surface area contributed by atoms with Crippen LogP contribution >= 0.6 is 11.3 Å². The number of aromatic nitrogens is 5. The van der Waals surface area contributed by atoms with Crippen LogP contribution in [0.1, 0.15) is 35.7 Å². The minimum Gasteiger partial charge on any atom is -0.298 e. The van der Waals surface area contributed by atoms with Gasteiger partial charge in [0.2, 0.25) is 0 Å². The third-order valence-corrected chi connectivity index (χ3v) is 6.49. The zero-order valence-corrected chi connectivity index (χ0v) is 17.7. The molecular formula is C21H21F3N6S. The molecule has 6 nitrogen and oxygen atoms in total. The van der Waals surface area contributed by atoms with Crippen LogP contribution in [0.5, 0.6) is 0 Å². The second-order valence-electron chi connectivity index (χ2n) is 7.94. The lowest BCUT2D eigenvalue weighted by Crippen LogP contribution is -2.34. The molecule has 1 aliphatic rings. The molecule has 0 radical (unpaired) electrons. The standard InChI is InChI=1S/C21H21F3N6S/c1-28-11-14(10-25-28)12-29-6-2-4-15(13-29)16-9-20-26-17(18-5-3-7-31-18)8-19(21(22,23)24)30(20)27-16/h3,5,7-11,15H,2,4,6,12-13H2,1H3/t15-/m0/s1. The number of hydrogen-bond acceptors (Lipinski definition) is 5. The fourth-order valence-corrected chi connectivity index (χ4v) is 4.88. The van der Waals surface area contributed by atoms with Crippen LogP contribution in [-0.2, 0) is 19.8 Å². The lowest BCUT2D eigenvalue weighted by atomic mass is 9.94. The van der Waals surface area contributed by atoms with Crippen molar-refractivity contribution in [3.05, 3.63) is 59.0 Å². The lowest BCUT2D eigenvalue weighted by molar-refractivity contribution is -0.142. The first-order chi connectivity index (χ1) is 14.9. The van der Waals surface area contributed by atoms with Gasteiger partial charge in [0.25, 0.3) is 0 Å². The molecule has 4 aromatic rings. The molecule has 5 heterocycles. The van der Waals surface area contributed by atoms with Crippen molar-refractivity contribution in [2.75, 3.05) is 13.1 Å². The molecule has 1 saturated heterocycles. The highest BCUT2D eigenvalue weighted by atomic mass is 32.1. The molecule has 0 aromatic carbocycles.